The molecule has 0 bridgehead atoms. The molecule has 0 rings (SSSR count). The standard InChI is InChI=1S/C2BrCl4/c3-1(4)2(5,6)7. The van der Waals surface area contributed by atoms with Gasteiger partial charge in [-0.2, -0.15) is 0 Å². The van der Waals surface area contributed by atoms with Gasteiger partial charge in [-0.25, -0.2) is 0 Å². The van der Waals surface area contributed by atoms with E-state index in [0.29, 0.717) is 0 Å². The normalized spacial score (nSPS) is 12.9. The molecule has 0 N–H and O–H groups in total. The fourth-order valence-electron chi connectivity index (χ4n) is 0. The Labute approximate surface area is 70.2 Å². The topological polar surface area (TPSA) is 0 Å². The monoisotopic (exact) mass is 243 g/mol. The summed E-state index contributed by atoms with van der Waals surface area (Å²) in [6.45, 7) is 0. The van der Waals surface area contributed by atoms with Gasteiger partial charge in [-0.3, -0.25) is 0 Å². The lowest BCUT2D eigenvalue weighted by molar-refractivity contribution is 1.39. The molecule has 43 valence electrons. The van der Waals surface area contributed by atoms with Gasteiger partial charge < -0.3 is 0 Å². The van der Waals surface area contributed by atoms with E-state index in [4.69, 9.17) is 46.4 Å². The Balaban J connectivity index is 3.54. The molecule has 0 aliphatic heterocycles. The molecule has 0 saturated heterocycles. The lowest BCUT2D eigenvalue weighted by atomic mass is 10.9. The molecule has 7 heavy (non-hydrogen) atoms. The molecule has 0 aromatic carbocycles. The molecular formula is C2BrCl4. The third kappa shape index (κ3) is 4.16. The van der Waals surface area contributed by atoms with E-state index in [2.05, 4.69) is 15.9 Å². The first-order chi connectivity index (χ1) is 2.94. The first-order valence-electron chi connectivity index (χ1n) is 1.19. The molecule has 0 aliphatic carbocycles. The highest BCUT2D eigenvalue weighted by molar-refractivity contribution is 9.11. The smallest absolute Gasteiger partial charge is 0.0988 e. The van der Waals surface area contributed by atoms with Gasteiger partial charge in [0, 0.05) is 0 Å². The van der Waals surface area contributed by atoms with Crippen LogP contribution in [0.4, 0.5) is 0 Å². The van der Waals surface area contributed by atoms with Crippen molar-refractivity contribution in [3.8, 4) is 0 Å². The van der Waals surface area contributed by atoms with Crippen LogP contribution in [0.5, 0.6) is 0 Å². The number of rotatable bonds is 0. The summed E-state index contributed by atoms with van der Waals surface area (Å²) in [6.07, 6.45) is 0. The van der Waals surface area contributed by atoms with Crippen molar-refractivity contribution in [1.29, 1.82) is 0 Å². The van der Waals surface area contributed by atoms with Gasteiger partial charge in [0.05, 0.1) is 0 Å². The largest absolute Gasteiger partial charge is 0.221 e. The van der Waals surface area contributed by atoms with Crippen LogP contribution in [0.1, 0.15) is 0 Å². The van der Waals surface area contributed by atoms with Gasteiger partial charge in [0.2, 0.25) is 3.79 Å². The first-order valence-corrected chi connectivity index (χ1v) is 3.50. The molecule has 0 aromatic rings. The van der Waals surface area contributed by atoms with Crippen LogP contribution in [0.25, 0.3) is 0 Å². The summed E-state index contributed by atoms with van der Waals surface area (Å²) in [7, 11) is 0. The van der Waals surface area contributed by atoms with E-state index in [1.165, 1.54) is 0 Å². The Morgan fingerprint density at radius 3 is 1.43 bits per heavy atom. The van der Waals surface area contributed by atoms with Crippen LogP contribution in [0.3, 0.4) is 0 Å². The van der Waals surface area contributed by atoms with Gasteiger partial charge >= 0.3 is 0 Å². The van der Waals surface area contributed by atoms with Crippen molar-refractivity contribution in [3.63, 3.8) is 0 Å². The van der Waals surface area contributed by atoms with E-state index in [0.717, 1.165) is 0 Å². The molecule has 0 spiro atoms. The third-order valence-electron chi connectivity index (χ3n) is 0.214. The van der Waals surface area contributed by atoms with Crippen molar-refractivity contribution in [3.05, 3.63) is 4.29 Å². The second-order valence-electron chi connectivity index (χ2n) is 0.758. The third-order valence-corrected chi connectivity index (χ3v) is 2.63. The molecule has 0 saturated carbocycles. The van der Waals surface area contributed by atoms with Crippen LogP contribution in [0, 0.1) is 4.29 Å². The van der Waals surface area contributed by atoms with Crippen molar-refractivity contribution in [2.75, 3.05) is 0 Å². The maximum atomic E-state index is 5.19. The zero-order chi connectivity index (χ0) is 6.08. The fourth-order valence-corrected chi connectivity index (χ4v) is 0. The molecule has 1 radical (unpaired) electrons. The Morgan fingerprint density at radius 2 is 1.43 bits per heavy atom. The molecule has 5 heteroatoms. The van der Waals surface area contributed by atoms with Gasteiger partial charge in [-0.15, -0.1) is 0 Å². The highest BCUT2D eigenvalue weighted by Gasteiger charge is 2.29. The van der Waals surface area contributed by atoms with Crippen molar-refractivity contribution in [1.82, 2.24) is 0 Å². The van der Waals surface area contributed by atoms with Gasteiger partial charge in [-0.05, 0) is 0 Å². The molecule has 0 aromatic heterocycles. The Hall–Kier alpha value is 1.64. The quantitative estimate of drug-likeness (QED) is 0.573. The molecule has 0 unspecified atom stereocenters. The van der Waals surface area contributed by atoms with Crippen molar-refractivity contribution < 1.29 is 0 Å². The number of hydrogen-bond acceptors (Lipinski definition) is 0. The highest BCUT2D eigenvalue weighted by Crippen LogP contribution is 2.42. The second kappa shape index (κ2) is 2.98. The van der Waals surface area contributed by atoms with Crippen molar-refractivity contribution in [2.45, 2.75) is 3.79 Å². The van der Waals surface area contributed by atoms with E-state index >= 15 is 0 Å². The van der Waals surface area contributed by atoms with E-state index in [1.807, 2.05) is 0 Å². The minimum absolute atomic E-state index is 0.0741. The summed E-state index contributed by atoms with van der Waals surface area (Å²) in [5.41, 5.74) is 0. The summed E-state index contributed by atoms with van der Waals surface area (Å²) < 4.78 is -1.41. The maximum Gasteiger partial charge on any atom is 0.221 e. The minimum Gasteiger partial charge on any atom is -0.0988 e. The predicted molar refractivity (Wildman–Crippen MR) is 38.3 cm³/mol. The summed E-state index contributed by atoms with van der Waals surface area (Å²) in [4.78, 5) is 0. The minimum atomic E-state index is -1.48. The Morgan fingerprint density at radius 1 is 1.29 bits per heavy atom. The van der Waals surface area contributed by atoms with Gasteiger partial charge in [0.15, 0.2) is 4.29 Å². The summed E-state index contributed by atoms with van der Waals surface area (Å²) in [6, 6.07) is 0. The lowest BCUT2D eigenvalue weighted by Crippen LogP contribution is -2.03. The molecule has 0 atom stereocenters. The fraction of sp³-hybridized carbons (Fsp3) is 0.500. The summed E-state index contributed by atoms with van der Waals surface area (Å²) in [5, 5.41) is 0. The zero-order valence-electron chi connectivity index (χ0n) is 2.89. The van der Waals surface area contributed by atoms with Crippen LogP contribution >= 0.6 is 62.3 Å². The van der Waals surface area contributed by atoms with Gasteiger partial charge in [-0.1, -0.05) is 62.3 Å². The Bertz CT molecular complexity index is 55.2. The average molecular weight is 246 g/mol. The van der Waals surface area contributed by atoms with Crippen LogP contribution in [0.2, 0.25) is 0 Å². The first kappa shape index (κ1) is 8.64. The molecule has 0 heterocycles. The second-order valence-corrected chi connectivity index (χ2v) is 4.67. The molecule has 0 amide bonds. The number of halogens is 5. The summed E-state index contributed by atoms with van der Waals surface area (Å²) >= 11 is 23.5. The average Bonchev–Trinajstić information content (AvgIpc) is 1.31. The lowest BCUT2D eigenvalue weighted by Gasteiger charge is -2.08. The SMILES string of the molecule is Cl[C](Br)C(Cl)(Cl)Cl. The molecular weight excluding hydrogens is 246 g/mol. The van der Waals surface area contributed by atoms with Crippen molar-refractivity contribution in [2.24, 2.45) is 0 Å². The molecule has 0 fully saturated rings. The van der Waals surface area contributed by atoms with Crippen LogP contribution in [-0.4, -0.2) is 3.79 Å². The number of alkyl halides is 3. The number of hydrogen-bond donors (Lipinski definition) is 0. The molecule has 0 aliphatic rings. The van der Waals surface area contributed by atoms with Gasteiger partial charge in [0.1, 0.15) is 0 Å². The van der Waals surface area contributed by atoms with Crippen LogP contribution in [-0.2, 0) is 0 Å². The van der Waals surface area contributed by atoms with Gasteiger partial charge in [0.25, 0.3) is 0 Å². The van der Waals surface area contributed by atoms with Crippen LogP contribution < -0.4 is 0 Å². The van der Waals surface area contributed by atoms with Crippen LogP contribution in [0.15, 0.2) is 0 Å². The van der Waals surface area contributed by atoms with E-state index in [-0.39, 0.29) is 4.29 Å². The van der Waals surface area contributed by atoms with Crippen molar-refractivity contribution >= 4 is 62.3 Å². The summed E-state index contributed by atoms with van der Waals surface area (Å²) in [5.74, 6) is 0. The highest BCUT2D eigenvalue weighted by atomic mass is 79.9. The predicted octanol–water partition coefficient (Wildman–Crippen LogP) is 3.48. The van der Waals surface area contributed by atoms with E-state index < -0.39 is 3.79 Å². The molecule has 0 nitrogen and oxygen atoms in total. The maximum absolute atomic E-state index is 5.19. The zero-order valence-corrected chi connectivity index (χ0v) is 7.50. The van der Waals surface area contributed by atoms with E-state index in [9.17, 15) is 0 Å². The van der Waals surface area contributed by atoms with E-state index in [1.54, 1.807) is 0 Å². The Kier molecular flexibility index (Phi) is 3.67.